The SMILES string of the molecule is COc1cc(N2CCC(O)C(C)C2)c(F)cc1N. The second kappa shape index (κ2) is 5.02. The highest BCUT2D eigenvalue weighted by Crippen LogP contribution is 2.32. The van der Waals surface area contributed by atoms with Crippen molar-refractivity contribution in [2.45, 2.75) is 19.4 Å². The standard InChI is InChI=1S/C13H19FN2O2/c1-8-7-16(4-3-12(8)17)11-6-13(18-2)10(15)5-9(11)14/h5-6,8,12,17H,3-4,7,15H2,1-2H3. The normalized spacial score (nSPS) is 24.1. The van der Waals surface area contributed by atoms with Crippen molar-refractivity contribution in [1.29, 1.82) is 0 Å². The summed E-state index contributed by atoms with van der Waals surface area (Å²) >= 11 is 0. The molecule has 0 spiro atoms. The molecule has 0 bridgehead atoms. The zero-order chi connectivity index (χ0) is 13.3. The van der Waals surface area contributed by atoms with E-state index in [1.54, 1.807) is 6.07 Å². The van der Waals surface area contributed by atoms with E-state index in [4.69, 9.17) is 10.5 Å². The number of halogens is 1. The molecule has 3 N–H and O–H groups in total. The average molecular weight is 254 g/mol. The largest absolute Gasteiger partial charge is 0.495 e. The lowest BCUT2D eigenvalue weighted by Crippen LogP contribution is -2.42. The predicted octanol–water partition coefficient (Wildman–Crippen LogP) is 1.62. The van der Waals surface area contributed by atoms with E-state index in [9.17, 15) is 9.50 Å². The lowest BCUT2D eigenvalue weighted by atomic mass is 9.96. The molecule has 0 amide bonds. The summed E-state index contributed by atoms with van der Waals surface area (Å²) in [6.07, 6.45) is 0.341. The Balaban J connectivity index is 2.28. The molecule has 0 saturated carbocycles. The van der Waals surface area contributed by atoms with Crippen molar-refractivity contribution in [2.75, 3.05) is 30.8 Å². The van der Waals surface area contributed by atoms with E-state index in [-0.39, 0.29) is 17.8 Å². The van der Waals surface area contributed by atoms with Crippen LogP contribution in [0.5, 0.6) is 5.75 Å². The fraction of sp³-hybridized carbons (Fsp3) is 0.538. The van der Waals surface area contributed by atoms with Crippen LogP contribution >= 0.6 is 0 Å². The Bertz CT molecular complexity index is 439. The van der Waals surface area contributed by atoms with Crippen LogP contribution in [0.1, 0.15) is 13.3 Å². The molecule has 2 unspecified atom stereocenters. The van der Waals surface area contributed by atoms with Gasteiger partial charge in [-0.05, 0) is 12.3 Å². The van der Waals surface area contributed by atoms with Crippen LogP contribution in [0.15, 0.2) is 12.1 Å². The molecule has 2 rings (SSSR count). The summed E-state index contributed by atoms with van der Waals surface area (Å²) in [7, 11) is 1.51. The second-order valence-electron chi connectivity index (χ2n) is 4.82. The van der Waals surface area contributed by atoms with Gasteiger partial charge < -0.3 is 20.5 Å². The number of anilines is 2. The van der Waals surface area contributed by atoms with Gasteiger partial charge in [0.15, 0.2) is 0 Å². The zero-order valence-electron chi connectivity index (χ0n) is 10.7. The zero-order valence-corrected chi connectivity index (χ0v) is 10.7. The van der Waals surface area contributed by atoms with Gasteiger partial charge in [0, 0.05) is 25.2 Å². The van der Waals surface area contributed by atoms with Crippen molar-refractivity contribution in [3.63, 3.8) is 0 Å². The van der Waals surface area contributed by atoms with E-state index < -0.39 is 0 Å². The van der Waals surface area contributed by atoms with Crippen molar-refractivity contribution < 1.29 is 14.2 Å². The van der Waals surface area contributed by atoms with Crippen LogP contribution < -0.4 is 15.4 Å². The third-order valence-electron chi connectivity index (χ3n) is 3.50. The van der Waals surface area contributed by atoms with Crippen molar-refractivity contribution in [3.8, 4) is 5.75 Å². The van der Waals surface area contributed by atoms with E-state index in [0.717, 1.165) is 0 Å². The second-order valence-corrected chi connectivity index (χ2v) is 4.82. The number of piperidine rings is 1. The Morgan fingerprint density at radius 1 is 1.50 bits per heavy atom. The van der Waals surface area contributed by atoms with E-state index in [1.165, 1.54) is 13.2 Å². The molecule has 0 aliphatic carbocycles. The molecule has 2 atom stereocenters. The number of nitrogen functional groups attached to an aromatic ring is 1. The molecule has 4 nitrogen and oxygen atoms in total. The number of aliphatic hydroxyl groups is 1. The Kier molecular flexibility index (Phi) is 3.61. The summed E-state index contributed by atoms with van der Waals surface area (Å²) in [5.41, 5.74) is 6.44. The van der Waals surface area contributed by atoms with Gasteiger partial charge in [0.05, 0.1) is 24.6 Å². The summed E-state index contributed by atoms with van der Waals surface area (Å²) in [5.74, 6) is 0.253. The Labute approximate surface area is 106 Å². The van der Waals surface area contributed by atoms with Gasteiger partial charge in [0.1, 0.15) is 11.6 Å². The van der Waals surface area contributed by atoms with Crippen molar-refractivity contribution in [1.82, 2.24) is 0 Å². The summed E-state index contributed by atoms with van der Waals surface area (Å²) in [5, 5.41) is 9.69. The van der Waals surface area contributed by atoms with Crippen molar-refractivity contribution in [2.24, 2.45) is 5.92 Å². The van der Waals surface area contributed by atoms with Gasteiger partial charge in [-0.3, -0.25) is 0 Å². The van der Waals surface area contributed by atoms with Crippen LogP contribution in [0.4, 0.5) is 15.8 Å². The third-order valence-corrected chi connectivity index (χ3v) is 3.50. The summed E-state index contributed by atoms with van der Waals surface area (Å²) in [6.45, 7) is 3.23. The molecular formula is C13H19FN2O2. The maximum absolute atomic E-state index is 13.9. The summed E-state index contributed by atoms with van der Waals surface area (Å²) in [6, 6.07) is 2.90. The number of methoxy groups -OCH3 is 1. The minimum Gasteiger partial charge on any atom is -0.495 e. The molecule has 0 aromatic heterocycles. The number of rotatable bonds is 2. The molecule has 1 saturated heterocycles. The molecule has 18 heavy (non-hydrogen) atoms. The van der Waals surface area contributed by atoms with Gasteiger partial charge in [-0.25, -0.2) is 4.39 Å². The fourth-order valence-corrected chi connectivity index (χ4v) is 2.33. The molecule has 1 aromatic rings. The van der Waals surface area contributed by atoms with Crippen LogP contribution in [0.3, 0.4) is 0 Å². The number of benzene rings is 1. The number of ether oxygens (including phenoxy) is 1. The van der Waals surface area contributed by atoms with E-state index in [0.29, 0.717) is 36.6 Å². The van der Waals surface area contributed by atoms with Crippen LogP contribution in [-0.4, -0.2) is 31.4 Å². The van der Waals surface area contributed by atoms with Gasteiger partial charge in [-0.1, -0.05) is 6.92 Å². The van der Waals surface area contributed by atoms with Gasteiger partial charge in [-0.15, -0.1) is 0 Å². The number of nitrogens with two attached hydrogens (primary N) is 1. The Hall–Kier alpha value is -1.49. The minimum atomic E-state index is -0.350. The first-order valence-electron chi connectivity index (χ1n) is 6.09. The molecule has 1 aliphatic heterocycles. The fourth-order valence-electron chi connectivity index (χ4n) is 2.33. The number of hydrogen-bond acceptors (Lipinski definition) is 4. The first-order chi connectivity index (χ1) is 8.52. The molecule has 5 heteroatoms. The van der Waals surface area contributed by atoms with Gasteiger partial charge in [-0.2, -0.15) is 0 Å². The number of hydrogen-bond donors (Lipinski definition) is 2. The molecule has 100 valence electrons. The minimum absolute atomic E-state index is 0.127. The van der Waals surface area contributed by atoms with E-state index in [1.807, 2.05) is 11.8 Å². The van der Waals surface area contributed by atoms with Crippen molar-refractivity contribution >= 4 is 11.4 Å². The lowest BCUT2D eigenvalue weighted by molar-refractivity contribution is 0.0969. The highest BCUT2D eigenvalue weighted by Gasteiger charge is 2.26. The number of nitrogens with zero attached hydrogens (tertiary/aromatic N) is 1. The molecule has 1 aromatic carbocycles. The maximum Gasteiger partial charge on any atom is 0.148 e. The molecule has 0 radical (unpaired) electrons. The molecular weight excluding hydrogens is 235 g/mol. The predicted molar refractivity (Wildman–Crippen MR) is 69.4 cm³/mol. The van der Waals surface area contributed by atoms with Crippen LogP contribution in [0.25, 0.3) is 0 Å². The quantitative estimate of drug-likeness (QED) is 0.787. The van der Waals surface area contributed by atoms with Crippen LogP contribution in [0, 0.1) is 11.7 Å². The summed E-state index contributed by atoms with van der Waals surface area (Å²) in [4.78, 5) is 1.93. The molecule has 1 fully saturated rings. The molecule has 1 heterocycles. The molecule has 1 aliphatic rings. The highest BCUT2D eigenvalue weighted by molar-refractivity contribution is 5.63. The van der Waals surface area contributed by atoms with Crippen LogP contribution in [0.2, 0.25) is 0 Å². The maximum atomic E-state index is 13.9. The van der Waals surface area contributed by atoms with Crippen molar-refractivity contribution in [3.05, 3.63) is 17.9 Å². The lowest BCUT2D eigenvalue weighted by Gasteiger charge is -2.36. The summed E-state index contributed by atoms with van der Waals surface area (Å²) < 4.78 is 19.0. The Morgan fingerprint density at radius 2 is 2.22 bits per heavy atom. The van der Waals surface area contributed by atoms with Gasteiger partial charge in [0.25, 0.3) is 0 Å². The first kappa shape index (κ1) is 13.0. The third kappa shape index (κ3) is 2.36. The average Bonchev–Trinajstić information content (AvgIpc) is 2.33. The number of aliphatic hydroxyl groups excluding tert-OH is 1. The monoisotopic (exact) mass is 254 g/mol. The first-order valence-corrected chi connectivity index (χ1v) is 6.09. The Morgan fingerprint density at radius 3 is 2.83 bits per heavy atom. The van der Waals surface area contributed by atoms with E-state index in [2.05, 4.69) is 0 Å². The van der Waals surface area contributed by atoms with E-state index >= 15 is 0 Å². The van der Waals surface area contributed by atoms with Gasteiger partial charge >= 0.3 is 0 Å². The van der Waals surface area contributed by atoms with Gasteiger partial charge in [0.2, 0.25) is 0 Å². The smallest absolute Gasteiger partial charge is 0.148 e. The van der Waals surface area contributed by atoms with Crippen LogP contribution in [-0.2, 0) is 0 Å². The highest BCUT2D eigenvalue weighted by atomic mass is 19.1. The topological polar surface area (TPSA) is 58.7 Å².